The molecule has 176 valence electrons. The fraction of sp³-hybridized carbons (Fsp3) is 0.296. The van der Waals surface area contributed by atoms with Crippen LogP contribution in [0.5, 0.6) is 5.75 Å². The van der Waals surface area contributed by atoms with Crippen molar-refractivity contribution in [1.82, 2.24) is 14.5 Å². The molecular weight excluding hydrogens is 446 g/mol. The van der Waals surface area contributed by atoms with Crippen LogP contribution in [0.3, 0.4) is 0 Å². The summed E-state index contributed by atoms with van der Waals surface area (Å²) in [5.41, 5.74) is 3.96. The Morgan fingerprint density at radius 2 is 1.76 bits per heavy atom. The van der Waals surface area contributed by atoms with Crippen LogP contribution in [0.2, 0.25) is 0 Å². The minimum absolute atomic E-state index is 0.0644. The number of hydrogen-bond donors (Lipinski definition) is 0. The highest BCUT2D eigenvalue weighted by Crippen LogP contribution is 2.39. The van der Waals surface area contributed by atoms with E-state index >= 15 is 0 Å². The lowest BCUT2D eigenvalue weighted by Gasteiger charge is -2.14. The van der Waals surface area contributed by atoms with Gasteiger partial charge in [-0.3, -0.25) is 4.79 Å². The maximum absolute atomic E-state index is 12.1. The first kappa shape index (κ1) is 23.8. The third-order valence-corrected chi connectivity index (χ3v) is 6.86. The molecule has 0 N–H and O–H groups in total. The molecule has 0 saturated carbocycles. The Morgan fingerprint density at radius 3 is 2.44 bits per heavy atom. The van der Waals surface area contributed by atoms with E-state index in [9.17, 15) is 4.79 Å². The number of fused-ring (bicyclic) bond motifs is 1. The summed E-state index contributed by atoms with van der Waals surface area (Å²) in [5, 5.41) is 1.91. The van der Waals surface area contributed by atoms with Crippen LogP contribution in [0.25, 0.3) is 27.8 Å². The second-order valence-corrected chi connectivity index (χ2v) is 9.03. The Hall–Kier alpha value is -3.32. The molecule has 4 rings (SSSR count). The third kappa shape index (κ3) is 5.25. The molecule has 0 saturated heterocycles. The van der Waals surface area contributed by atoms with Gasteiger partial charge in [-0.1, -0.05) is 37.3 Å². The fourth-order valence-corrected chi connectivity index (χ4v) is 4.99. The van der Waals surface area contributed by atoms with E-state index in [0.717, 1.165) is 45.0 Å². The molecule has 4 aromatic rings. The second-order valence-electron chi connectivity index (χ2n) is 7.74. The molecule has 0 radical (unpaired) electrons. The SMILES string of the molecule is CCOC(=O)C[C@@H](CC)Sc1ncnc2c1c(-c1ccccc1)cn2-c1ccc(OCC)cc1. The van der Waals surface area contributed by atoms with Gasteiger partial charge in [0.15, 0.2) is 0 Å². The van der Waals surface area contributed by atoms with Crippen LogP contribution in [0.15, 0.2) is 72.1 Å². The van der Waals surface area contributed by atoms with Crippen LogP contribution < -0.4 is 4.74 Å². The van der Waals surface area contributed by atoms with Gasteiger partial charge in [0.25, 0.3) is 0 Å². The molecule has 0 unspecified atom stereocenters. The Labute approximate surface area is 204 Å². The van der Waals surface area contributed by atoms with Gasteiger partial charge >= 0.3 is 5.97 Å². The molecule has 0 bridgehead atoms. The van der Waals surface area contributed by atoms with Gasteiger partial charge in [0, 0.05) is 22.7 Å². The number of hydrogen-bond acceptors (Lipinski definition) is 6. The van der Waals surface area contributed by atoms with Gasteiger partial charge in [-0.05, 0) is 50.1 Å². The van der Waals surface area contributed by atoms with Gasteiger partial charge in [-0.2, -0.15) is 0 Å². The number of aromatic nitrogens is 3. The minimum Gasteiger partial charge on any atom is -0.494 e. The topological polar surface area (TPSA) is 66.2 Å². The number of rotatable bonds is 10. The number of thioether (sulfide) groups is 1. The van der Waals surface area contributed by atoms with Gasteiger partial charge in [-0.15, -0.1) is 11.8 Å². The highest BCUT2D eigenvalue weighted by atomic mass is 32.2. The number of benzene rings is 2. The predicted molar refractivity (Wildman–Crippen MR) is 137 cm³/mol. The second kappa shape index (κ2) is 11.2. The van der Waals surface area contributed by atoms with Crippen LogP contribution >= 0.6 is 11.8 Å². The van der Waals surface area contributed by atoms with E-state index < -0.39 is 0 Å². The standard InChI is InChI=1S/C27H29N3O3S/c1-4-22(16-24(31)33-6-3)34-27-25-23(19-10-8-7-9-11-19)17-30(26(25)28-18-29-27)20-12-14-21(15-13-20)32-5-2/h7-15,17-18,22H,4-6,16H2,1-3H3/t22-/m1/s1. The first-order valence-electron chi connectivity index (χ1n) is 11.6. The summed E-state index contributed by atoms with van der Waals surface area (Å²) in [5.74, 6) is 0.656. The van der Waals surface area contributed by atoms with E-state index in [4.69, 9.17) is 9.47 Å². The van der Waals surface area contributed by atoms with E-state index in [1.54, 1.807) is 18.1 Å². The monoisotopic (exact) mass is 475 g/mol. The van der Waals surface area contributed by atoms with E-state index in [2.05, 4.69) is 39.8 Å². The minimum atomic E-state index is -0.178. The largest absolute Gasteiger partial charge is 0.494 e. The summed E-state index contributed by atoms with van der Waals surface area (Å²) in [6.07, 6.45) is 4.89. The number of carbonyl (C=O) groups is 1. The van der Waals surface area contributed by atoms with Gasteiger partial charge in [-0.25, -0.2) is 9.97 Å². The zero-order valence-corrected chi connectivity index (χ0v) is 20.5. The normalized spacial score (nSPS) is 12.0. The van der Waals surface area contributed by atoms with Crippen LogP contribution in [0, 0.1) is 0 Å². The highest BCUT2D eigenvalue weighted by molar-refractivity contribution is 8.00. The summed E-state index contributed by atoms with van der Waals surface area (Å²) in [7, 11) is 0. The lowest BCUT2D eigenvalue weighted by atomic mass is 10.1. The van der Waals surface area contributed by atoms with Crippen molar-refractivity contribution in [2.75, 3.05) is 13.2 Å². The Balaban J connectivity index is 1.81. The Morgan fingerprint density at radius 1 is 1.00 bits per heavy atom. The van der Waals surface area contributed by atoms with Crippen molar-refractivity contribution in [2.45, 2.75) is 43.9 Å². The number of carbonyl (C=O) groups excluding carboxylic acids is 1. The summed E-state index contributed by atoms with van der Waals surface area (Å²) in [6.45, 7) is 6.90. The summed E-state index contributed by atoms with van der Waals surface area (Å²) in [4.78, 5) is 21.4. The molecule has 6 nitrogen and oxygen atoms in total. The van der Waals surface area contributed by atoms with Gasteiger partial charge in [0.2, 0.25) is 0 Å². The summed E-state index contributed by atoms with van der Waals surface area (Å²) >= 11 is 1.61. The molecule has 2 aromatic heterocycles. The average molecular weight is 476 g/mol. The van der Waals surface area contributed by atoms with E-state index in [0.29, 0.717) is 19.6 Å². The van der Waals surface area contributed by atoms with E-state index in [1.807, 2.05) is 56.3 Å². The summed E-state index contributed by atoms with van der Waals surface area (Å²) in [6, 6.07) is 18.3. The van der Waals surface area contributed by atoms with Crippen molar-refractivity contribution in [2.24, 2.45) is 0 Å². The van der Waals surface area contributed by atoms with Crippen molar-refractivity contribution in [3.63, 3.8) is 0 Å². The van der Waals surface area contributed by atoms with Gasteiger partial charge in [0.1, 0.15) is 22.7 Å². The maximum atomic E-state index is 12.1. The molecule has 0 spiro atoms. The first-order chi connectivity index (χ1) is 16.6. The Kier molecular flexibility index (Phi) is 7.85. The van der Waals surface area contributed by atoms with Crippen LogP contribution in [-0.2, 0) is 9.53 Å². The van der Waals surface area contributed by atoms with E-state index in [1.165, 1.54) is 0 Å². The van der Waals surface area contributed by atoms with Gasteiger partial charge in [0.05, 0.1) is 25.0 Å². The molecule has 2 aromatic carbocycles. The quantitative estimate of drug-likeness (QED) is 0.152. The molecule has 0 amide bonds. The lowest BCUT2D eigenvalue weighted by Crippen LogP contribution is -2.13. The maximum Gasteiger partial charge on any atom is 0.306 e. The molecule has 0 aliphatic carbocycles. The lowest BCUT2D eigenvalue weighted by molar-refractivity contribution is -0.143. The zero-order valence-electron chi connectivity index (χ0n) is 19.7. The predicted octanol–water partition coefficient (Wildman–Crippen LogP) is 6.31. The van der Waals surface area contributed by atoms with Crippen LogP contribution in [-0.4, -0.2) is 39.0 Å². The van der Waals surface area contributed by atoms with E-state index in [-0.39, 0.29) is 11.2 Å². The van der Waals surface area contributed by atoms with Crippen molar-refractivity contribution >= 4 is 28.8 Å². The van der Waals surface area contributed by atoms with Crippen molar-refractivity contribution < 1.29 is 14.3 Å². The fourth-order valence-electron chi connectivity index (χ4n) is 3.86. The number of esters is 1. The highest BCUT2D eigenvalue weighted by Gasteiger charge is 2.21. The number of nitrogens with zero attached hydrogens (tertiary/aromatic N) is 3. The molecule has 2 heterocycles. The zero-order chi connectivity index (χ0) is 23.9. The molecule has 34 heavy (non-hydrogen) atoms. The molecule has 0 aliphatic heterocycles. The smallest absolute Gasteiger partial charge is 0.306 e. The van der Waals surface area contributed by atoms with Crippen molar-refractivity contribution in [3.05, 3.63) is 67.1 Å². The molecule has 0 fully saturated rings. The Bertz CT molecular complexity index is 1240. The third-order valence-electron chi connectivity index (χ3n) is 5.49. The number of ether oxygens (including phenoxy) is 2. The molecule has 7 heteroatoms. The van der Waals surface area contributed by atoms with Crippen LogP contribution in [0.1, 0.15) is 33.6 Å². The summed E-state index contributed by atoms with van der Waals surface area (Å²) < 4.78 is 12.9. The molecule has 0 aliphatic rings. The van der Waals surface area contributed by atoms with Gasteiger partial charge < -0.3 is 14.0 Å². The first-order valence-corrected chi connectivity index (χ1v) is 12.5. The molecule has 1 atom stereocenters. The average Bonchev–Trinajstić information content (AvgIpc) is 3.26. The van der Waals surface area contributed by atoms with Crippen molar-refractivity contribution in [1.29, 1.82) is 0 Å². The molecular formula is C27H29N3O3S. The van der Waals surface area contributed by atoms with Crippen molar-refractivity contribution in [3.8, 4) is 22.6 Å². The van der Waals surface area contributed by atoms with Crippen LogP contribution in [0.4, 0.5) is 0 Å².